The van der Waals surface area contributed by atoms with E-state index in [1.54, 1.807) is 12.1 Å². The van der Waals surface area contributed by atoms with Crippen LogP contribution in [0.25, 0.3) is 11.1 Å². The molecule has 0 heterocycles. The fraction of sp³-hybridized carbons (Fsp3) is 0.333. The summed E-state index contributed by atoms with van der Waals surface area (Å²) in [5, 5.41) is 27.4. The van der Waals surface area contributed by atoms with Gasteiger partial charge in [-0.2, -0.15) is 27.0 Å². The second kappa shape index (κ2) is 13.1. The summed E-state index contributed by atoms with van der Waals surface area (Å²) in [6.45, 7) is -0.112. The molecule has 0 aliphatic rings. The van der Waals surface area contributed by atoms with Gasteiger partial charge >= 0.3 is 0 Å². The van der Waals surface area contributed by atoms with Crippen molar-refractivity contribution in [1.29, 1.82) is 0 Å². The average molecular weight is 421 g/mol. The van der Waals surface area contributed by atoms with Crippen LogP contribution in [0.15, 0.2) is 48.5 Å². The van der Waals surface area contributed by atoms with E-state index in [9.17, 15) is 10.2 Å². The number of aliphatic hydroxyl groups is 3. The standard InChI is InChI=1S/C18H21ClO5.2H2S/c19-9-15(21)11-23-17-5-1-13(2-6-17)14-3-7-18(8-4-14)24-12-16(22)10-20;;/h1-8,15-16,20-22H,9-12H2;2*1H2. The Labute approximate surface area is 172 Å². The van der Waals surface area contributed by atoms with Crippen LogP contribution in [-0.4, -0.2) is 53.2 Å². The maximum Gasteiger partial charge on any atom is 0.119 e. The minimum atomic E-state index is -0.880. The Morgan fingerprint density at radius 1 is 0.731 bits per heavy atom. The maximum absolute atomic E-state index is 9.37. The zero-order valence-electron chi connectivity index (χ0n) is 14.1. The number of benzene rings is 2. The van der Waals surface area contributed by atoms with E-state index in [4.69, 9.17) is 26.2 Å². The summed E-state index contributed by atoms with van der Waals surface area (Å²) in [6.07, 6.45) is -1.56. The van der Waals surface area contributed by atoms with Gasteiger partial charge in [0, 0.05) is 0 Å². The normalized spacial score (nSPS) is 12.3. The van der Waals surface area contributed by atoms with Crippen LogP contribution in [-0.2, 0) is 0 Å². The van der Waals surface area contributed by atoms with Gasteiger partial charge in [-0.15, -0.1) is 11.6 Å². The van der Waals surface area contributed by atoms with Crippen molar-refractivity contribution in [3.05, 3.63) is 48.5 Å². The van der Waals surface area contributed by atoms with E-state index in [-0.39, 0.29) is 52.7 Å². The van der Waals surface area contributed by atoms with Crippen molar-refractivity contribution in [2.45, 2.75) is 12.2 Å². The molecule has 3 N–H and O–H groups in total. The molecule has 2 rings (SSSR count). The third-order valence-electron chi connectivity index (χ3n) is 3.32. The van der Waals surface area contributed by atoms with Crippen LogP contribution in [0.2, 0.25) is 0 Å². The van der Waals surface area contributed by atoms with Crippen LogP contribution >= 0.6 is 38.6 Å². The van der Waals surface area contributed by atoms with Gasteiger partial charge in [0.2, 0.25) is 0 Å². The molecule has 5 nitrogen and oxygen atoms in total. The summed E-state index contributed by atoms with van der Waals surface area (Å²) in [5.74, 6) is 1.43. The van der Waals surface area contributed by atoms with Crippen molar-refractivity contribution in [1.82, 2.24) is 0 Å². The smallest absolute Gasteiger partial charge is 0.119 e. The highest BCUT2D eigenvalue weighted by Crippen LogP contribution is 2.24. The zero-order valence-corrected chi connectivity index (χ0v) is 16.9. The van der Waals surface area contributed by atoms with Gasteiger partial charge in [0.15, 0.2) is 0 Å². The van der Waals surface area contributed by atoms with Crippen molar-refractivity contribution in [2.75, 3.05) is 25.7 Å². The number of ether oxygens (including phenoxy) is 2. The lowest BCUT2D eigenvalue weighted by atomic mass is 10.1. The SMILES string of the molecule is OCC(O)COc1ccc(-c2ccc(OCC(O)CCl)cc2)cc1.S.S. The van der Waals surface area contributed by atoms with Crippen LogP contribution in [0, 0.1) is 0 Å². The van der Waals surface area contributed by atoms with E-state index in [1.807, 2.05) is 36.4 Å². The molecule has 2 atom stereocenters. The number of hydrogen-bond acceptors (Lipinski definition) is 5. The fourth-order valence-corrected chi connectivity index (χ4v) is 2.06. The van der Waals surface area contributed by atoms with Gasteiger partial charge in [0.25, 0.3) is 0 Å². The van der Waals surface area contributed by atoms with Gasteiger partial charge in [-0.25, -0.2) is 0 Å². The Morgan fingerprint density at radius 2 is 1.12 bits per heavy atom. The second-order valence-electron chi connectivity index (χ2n) is 5.32. The molecule has 26 heavy (non-hydrogen) atoms. The van der Waals surface area contributed by atoms with E-state index in [0.717, 1.165) is 11.1 Å². The highest BCUT2D eigenvalue weighted by atomic mass is 35.5. The molecular weight excluding hydrogens is 396 g/mol. The molecule has 0 fully saturated rings. The number of alkyl halides is 1. The van der Waals surface area contributed by atoms with Gasteiger partial charge in [-0.1, -0.05) is 24.3 Å². The highest BCUT2D eigenvalue weighted by Gasteiger charge is 2.05. The molecule has 0 aliphatic carbocycles. The molecule has 146 valence electrons. The molecule has 0 spiro atoms. The lowest BCUT2D eigenvalue weighted by Gasteiger charge is -2.11. The van der Waals surface area contributed by atoms with E-state index in [0.29, 0.717) is 11.5 Å². The molecule has 0 bridgehead atoms. The number of hydrogen-bond donors (Lipinski definition) is 3. The number of halogens is 1. The predicted octanol–water partition coefficient (Wildman–Crippen LogP) is 2.29. The molecule has 0 radical (unpaired) electrons. The molecule has 0 saturated heterocycles. The lowest BCUT2D eigenvalue weighted by Crippen LogP contribution is -2.21. The highest BCUT2D eigenvalue weighted by molar-refractivity contribution is 7.59. The first-order valence-corrected chi connectivity index (χ1v) is 8.15. The van der Waals surface area contributed by atoms with Crippen LogP contribution in [0.4, 0.5) is 0 Å². The minimum absolute atomic E-state index is 0. The summed E-state index contributed by atoms with van der Waals surface area (Å²) in [4.78, 5) is 0. The molecule has 0 saturated carbocycles. The van der Waals surface area contributed by atoms with Crippen molar-refractivity contribution in [3.63, 3.8) is 0 Å². The van der Waals surface area contributed by atoms with Crippen molar-refractivity contribution in [3.8, 4) is 22.6 Å². The maximum atomic E-state index is 9.37. The molecule has 2 unspecified atom stereocenters. The molecule has 0 aliphatic heterocycles. The van der Waals surface area contributed by atoms with E-state index >= 15 is 0 Å². The topological polar surface area (TPSA) is 79.2 Å². The summed E-state index contributed by atoms with van der Waals surface area (Å²) in [5.41, 5.74) is 2.03. The second-order valence-corrected chi connectivity index (χ2v) is 5.62. The largest absolute Gasteiger partial charge is 0.491 e. The fourth-order valence-electron chi connectivity index (χ4n) is 1.97. The van der Waals surface area contributed by atoms with E-state index in [1.165, 1.54) is 0 Å². The minimum Gasteiger partial charge on any atom is -0.491 e. The summed E-state index contributed by atoms with van der Waals surface area (Å²) in [7, 11) is 0. The van der Waals surface area contributed by atoms with Gasteiger partial charge in [-0.3, -0.25) is 0 Å². The quantitative estimate of drug-likeness (QED) is 0.542. The summed E-state index contributed by atoms with van der Waals surface area (Å²) in [6, 6.07) is 14.9. The average Bonchev–Trinajstić information content (AvgIpc) is 2.65. The Kier molecular flexibility index (Phi) is 12.6. The van der Waals surface area contributed by atoms with Crippen molar-refractivity contribution >= 4 is 38.6 Å². The van der Waals surface area contributed by atoms with Gasteiger partial charge in [-0.05, 0) is 35.4 Å². The Morgan fingerprint density at radius 3 is 1.46 bits per heavy atom. The Balaban J connectivity index is 0.00000312. The number of rotatable bonds is 9. The van der Waals surface area contributed by atoms with Crippen molar-refractivity contribution < 1.29 is 24.8 Å². The van der Waals surface area contributed by atoms with Crippen LogP contribution < -0.4 is 9.47 Å². The van der Waals surface area contributed by atoms with Crippen LogP contribution in [0.1, 0.15) is 0 Å². The first-order chi connectivity index (χ1) is 11.6. The predicted molar refractivity (Wildman–Crippen MR) is 113 cm³/mol. The van der Waals surface area contributed by atoms with Crippen molar-refractivity contribution in [2.24, 2.45) is 0 Å². The van der Waals surface area contributed by atoms with Gasteiger partial charge < -0.3 is 24.8 Å². The molecular formula is C18H25ClO5S2. The van der Waals surface area contributed by atoms with Crippen LogP contribution in [0.5, 0.6) is 11.5 Å². The molecule has 0 amide bonds. The third-order valence-corrected chi connectivity index (χ3v) is 3.67. The summed E-state index contributed by atoms with van der Waals surface area (Å²) < 4.78 is 10.8. The molecule has 0 aromatic heterocycles. The molecule has 2 aromatic carbocycles. The Bertz CT molecular complexity index is 554. The Hall–Kier alpha value is -1.09. The van der Waals surface area contributed by atoms with E-state index < -0.39 is 12.2 Å². The third kappa shape index (κ3) is 8.07. The van der Waals surface area contributed by atoms with Crippen LogP contribution in [0.3, 0.4) is 0 Å². The first kappa shape index (κ1) is 24.9. The monoisotopic (exact) mass is 420 g/mol. The van der Waals surface area contributed by atoms with E-state index in [2.05, 4.69) is 0 Å². The molecule has 2 aromatic rings. The van der Waals surface area contributed by atoms with Gasteiger partial charge in [0.05, 0.1) is 12.5 Å². The molecule has 8 heteroatoms. The lowest BCUT2D eigenvalue weighted by molar-refractivity contribution is 0.0536. The zero-order chi connectivity index (χ0) is 17.4. The first-order valence-electron chi connectivity index (χ1n) is 7.61. The van der Waals surface area contributed by atoms with Gasteiger partial charge in [0.1, 0.15) is 36.9 Å². The number of aliphatic hydroxyl groups excluding tert-OH is 3. The summed E-state index contributed by atoms with van der Waals surface area (Å²) >= 11 is 5.52.